The van der Waals surface area contributed by atoms with Crippen LogP contribution in [0.5, 0.6) is 0 Å². The first-order valence-corrected chi connectivity index (χ1v) is 12.7. The molecule has 2 N–H and O–H groups in total. The molecule has 9 heteroatoms. The summed E-state index contributed by atoms with van der Waals surface area (Å²) in [7, 11) is 0. The van der Waals surface area contributed by atoms with Crippen molar-refractivity contribution in [3.8, 4) is 0 Å². The number of nitrogens with zero attached hydrogens (tertiary/aromatic N) is 1. The quantitative estimate of drug-likeness (QED) is 0.272. The van der Waals surface area contributed by atoms with Gasteiger partial charge in [-0.15, -0.1) is 0 Å². The summed E-state index contributed by atoms with van der Waals surface area (Å²) in [5, 5.41) is 11.7. The number of aromatic nitrogens is 1. The first kappa shape index (κ1) is 27.4. The highest BCUT2D eigenvalue weighted by atomic mass is 19.4. The average Bonchev–Trinajstić information content (AvgIpc) is 3.59. The Morgan fingerprint density at radius 1 is 1.13 bits per heavy atom. The molecule has 0 saturated heterocycles. The molecule has 0 bridgehead atoms. The number of carbonyl (C=O) groups is 2. The van der Waals surface area contributed by atoms with E-state index in [1.54, 1.807) is 12.1 Å². The Balaban J connectivity index is 1.53. The van der Waals surface area contributed by atoms with E-state index in [4.69, 9.17) is 4.74 Å². The fourth-order valence-corrected chi connectivity index (χ4v) is 4.69. The van der Waals surface area contributed by atoms with Crippen LogP contribution in [0.15, 0.2) is 60.7 Å². The van der Waals surface area contributed by atoms with Crippen molar-refractivity contribution in [3.63, 3.8) is 0 Å². The van der Waals surface area contributed by atoms with Crippen LogP contribution in [0.3, 0.4) is 0 Å². The van der Waals surface area contributed by atoms with Crippen molar-refractivity contribution >= 4 is 17.6 Å². The number of anilines is 1. The van der Waals surface area contributed by atoms with Gasteiger partial charge in [-0.25, -0.2) is 0 Å². The van der Waals surface area contributed by atoms with Gasteiger partial charge in [-0.1, -0.05) is 43.3 Å². The predicted octanol–water partition coefficient (Wildman–Crippen LogP) is 6.68. The second-order valence-electron chi connectivity index (χ2n) is 9.67. The largest absolute Gasteiger partial charge is 0.481 e. The van der Waals surface area contributed by atoms with E-state index in [1.165, 1.54) is 12.1 Å². The topological polar surface area (TPSA) is 80.6 Å². The van der Waals surface area contributed by atoms with E-state index in [2.05, 4.69) is 5.32 Å². The highest BCUT2D eigenvalue weighted by Crippen LogP contribution is 2.49. The van der Waals surface area contributed by atoms with Crippen molar-refractivity contribution in [3.05, 3.63) is 88.7 Å². The summed E-state index contributed by atoms with van der Waals surface area (Å²) in [4.78, 5) is 24.6. The molecule has 0 spiro atoms. The number of hydrogen-bond acceptors (Lipinski definition) is 3. The molecule has 0 radical (unpaired) electrons. The Labute approximate surface area is 219 Å². The Hall–Kier alpha value is -3.59. The van der Waals surface area contributed by atoms with Crippen LogP contribution in [0.25, 0.3) is 0 Å². The van der Waals surface area contributed by atoms with Crippen LogP contribution < -0.4 is 5.32 Å². The molecule has 1 aliphatic carbocycles. The summed E-state index contributed by atoms with van der Waals surface area (Å²) in [6, 6.07) is 16.6. The number of rotatable bonds is 11. The molecule has 4 rings (SSSR count). The van der Waals surface area contributed by atoms with Crippen LogP contribution in [-0.2, 0) is 28.7 Å². The fourth-order valence-electron chi connectivity index (χ4n) is 4.69. The zero-order valence-corrected chi connectivity index (χ0v) is 21.3. The third-order valence-corrected chi connectivity index (χ3v) is 7.01. The molecule has 1 amide bonds. The highest BCUT2D eigenvalue weighted by molar-refractivity contribution is 6.04. The van der Waals surface area contributed by atoms with Gasteiger partial charge in [0.15, 0.2) is 0 Å². The number of benzene rings is 2. The number of alkyl halides is 3. The zero-order chi connectivity index (χ0) is 27.4. The van der Waals surface area contributed by atoms with E-state index in [9.17, 15) is 27.9 Å². The Morgan fingerprint density at radius 3 is 2.50 bits per heavy atom. The first-order valence-electron chi connectivity index (χ1n) is 12.7. The Bertz CT molecular complexity index is 1290. The molecule has 1 aromatic heterocycles. The normalized spacial score (nSPS) is 17.7. The van der Waals surface area contributed by atoms with E-state index in [0.717, 1.165) is 17.3 Å². The van der Waals surface area contributed by atoms with E-state index in [0.29, 0.717) is 38.0 Å². The third kappa shape index (κ3) is 6.27. The molecule has 1 aliphatic rings. The second kappa shape index (κ2) is 11.4. The van der Waals surface area contributed by atoms with Crippen molar-refractivity contribution in [2.45, 2.75) is 57.9 Å². The number of nitrogens with one attached hydrogen (secondary N) is 1. The van der Waals surface area contributed by atoms with Crippen LogP contribution in [-0.4, -0.2) is 28.2 Å². The summed E-state index contributed by atoms with van der Waals surface area (Å²) in [6.07, 6.45) is -3.07. The highest BCUT2D eigenvalue weighted by Gasteiger charge is 2.45. The fraction of sp³-hybridized carbons (Fsp3) is 0.379. The number of carboxylic acid groups (broad SMARTS) is 1. The number of aliphatic carboxylic acids is 1. The van der Waals surface area contributed by atoms with Gasteiger partial charge in [0.1, 0.15) is 5.69 Å². The molecule has 202 valence electrons. The minimum Gasteiger partial charge on any atom is -0.481 e. The Kier molecular flexibility index (Phi) is 8.26. The lowest BCUT2D eigenvalue weighted by Crippen LogP contribution is -2.22. The first-order chi connectivity index (χ1) is 18.1. The minimum atomic E-state index is -4.68. The van der Waals surface area contributed by atoms with Crippen molar-refractivity contribution in [1.29, 1.82) is 0 Å². The number of hydrogen-bond donors (Lipinski definition) is 2. The van der Waals surface area contributed by atoms with Crippen molar-refractivity contribution in [2.24, 2.45) is 5.92 Å². The van der Waals surface area contributed by atoms with E-state index in [-0.39, 0.29) is 23.3 Å². The van der Waals surface area contributed by atoms with E-state index < -0.39 is 29.5 Å². The molecule has 1 heterocycles. The third-order valence-electron chi connectivity index (χ3n) is 7.01. The summed E-state index contributed by atoms with van der Waals surface area (Å²) in [5.74, 6) is -2.62. The summed E-state index contributed by atoms with van der Waals surface area (Å²) >= 11 is 0. The van der Waals surface area contributed by atoms with Crippen LogP contribution in [0.4, 0.5) is 18.9 Å². The van der Waals surface area contributed by atoms with Crippen molar-refractivity contribution < 1.29 is 32.6 Å². The van der Waals surface area contributed by atoms with Gasteiger partial charge < -0.3 is 19.7 Å². The summed E-state index contributed by atoms with van der Waals surface area (Å²) in [6.45, 7) is 4.80. The van der Waals surface area contributed by atoms with Gasteiger partial charge in [0.2, 0.25) is 0 Å². The van der Waals surface area contributed by atoms with Gasteiger partial charge in [-0.05, 0) is 61.1 Å². The SMILES string of the molecule is CC[C@H](C)n1c(CCOCc2ccccc2)ccc1C(=O)Nc1cc([C@H]2C[C@H]2C(=O)O)ccc1C(F)(F)F. The molecule has 0 unspecified atom stereocenters. The zero-order valence-electron chi connectivity index (χ0n) is 21.3. The molecular formula is C29H31F3N2O4. The maximum atomic E-state index is 13.8. The van der Waals surface area contributed by atoms with Gasteiger partial charge in [0.05, 0.1) is 30.4 Å². The molecule has 2 aromatic carbocycles. The lowest BCUT2D eigenvalue weighted by molar-refractivity contribution is -0.139. The molecular weight excluding hydrogens is 497 g/mol. The number of ether oxygens (including phenoxy) is 1. The van der Waals surface area contributed by atoms with Crippen LogP contribution in [0.1, 0.15) is 71.5 Å². The Morgan fingerprint density at radius 2 is 1.87 bits per heavy atom. The van der Waals surface area contributed by atoms with Gasteiger partial charge in [-0.3, -0.25) is 9.59 Å². The standard InChI is InChI=1S/C29H31F3N2O4/c1-3-18(2)34-21(13-14-38-17-19-7-5-4-6-8-19)10-12-26(34)27(35)33-25-15-20(22-16-23(22)28(36)37)9-11-24(25)29(30,31)32/h4-12,15,18,22-23H,3,13-14,16-17H2,1-2H3,(H,33,35)(H,36,37)/t18-,22+,23+/m0/s1. The van der Waals surface area contributed by atoms with Gasteiger partial charge in [0, 0.05) is 18.2 Å². The lowest BCUT2D eigenvalue weighted by atomic mass is 10.0. The van der Waals surface area contributed by atoms with Crippen LogP contribution in [0, 0.1) is 5.92 Å². The molecule has 0 aliphatic heterocycles. The molecule has 3 aromatic rings. The summed E-state index contributed by atoms with van der Waals surface area (Å²) < 4.78 is 48.9. The van der Waals surface area contributed by atoms with Crippen LogP contribution >= 0.6 is 0 Å². The number of amides is 1. The molecule has 38 heavy (non-hydrogen) atoms. The van der Waals surface area contributed by atoms with Crippen molar-refractivity contribution in [1.82, 2.24) is 4.57 Å². The lowest BCUT2D eigenvalue weighted by Gasteiger charge is -2.20. The molecule has 1 fully saturated rings. The van der Waals surface area contributed by atoms with Gasteiger partial charge in [-0.2, -0.15) is 13.2 Å². The van der Waals surface area contributed by atoms with E-state index in [1.807, 2.05) is 48.7 Å². The van der Waals surface area contributed by atoms with Crippen molar-refractivity contribution in [2.75, 3.05) is 11.9 Å². The number of carboxylic acids is 1. The van der Waals surface area contributed by atoms with Gasteiger partial charge >= 0.3 is 12.1 Å². The summed E-state index contributed by atoms with van der Waals surface area (Å²) in [5.41, 5.74) is 1.28. The predicted molar refractivity (Wildman–Crippen MR) is 137 cm³/mol. The number of halogens is 3. The average molecular weight is 529 g/mol. The maximum absolute atomic E-state index is 13.8. The van der Waals surface area contributed by atoms with Gasteiger partial charge in [0.25, 0.3) is 5.91 Å². The monoisotopic (exact) mass is 528 g/mol. The van der Waals surface area contributed by atoms with E-state index >= 15 is 0 Å². The molecule has 3 atom stereocenters. The second-order valence-corrected chi connectivity index (χ2v) is 9.67. The number of carbonyl (C=O) groups excluding carboxylic acids is 1. The minimum absolute atomic E-state index is 0.0638. The smallest absolute Gasteiger partial charge is 0.418 e. The van der Waals surface area contributed by atoms with Crippen LogP contribution in [0.2, 0.25) is 0 Å². The molecule has 1 saturated carbocycles. The molecule has 6 nitrogen and oxygen atoms in total. The maximum Gasteiger partial charge on any atom is 0.418 e.